The van der Waals surface area contributed by atoms with Gasteiger partial charge in [0.2, 0.25) is 0 Å². The third-order valence-corrected chi connectivity index (χ3v) is 4.31. The largest absolute Gasteiger partial charge is 0.376 e. The number of fused-ring (bicyclic) bond motifs is 1. The van der Waals surface area contributed by atoms with E-state index in [4.69, 9.17) is 10.5 Å². The lowest BCUT2D eigenvalue weighted by Gasteiger charge is -2.28. The molecule has 0 spiro atoms. The predicted octanol–water partition coefficient (Wildman–Crippen LogP) is 2.09. The molecule has 0 bridgehead atoms. The van der Waals surface area contributed by atoms with Gasteiger partial charge in [0, 0.05) is 25.9 Å². The zero-order valence-electron chi connectivity index (χ0n) is 11.9. The second-order valence-electron chi connectivity index (χ2n) is 5.83. The summed E-state index contributed by atoms with van der Waals surface area (Å²) in [4.78, 5) is 13.3. The summed E-state index contributed by atoms with van der Waals surface area (Å²) in [5.74, 6) is 0.489. The summed E-state index contributed by atoms with van der Waals surface area (Å²) in [6, 6.07) is 5.84. The molecule has 3 atom stereocenters. The number of nitrogens with zero attached hydrogens (tertiary/aromatic N) is 1. The van der Waals surface area contributed by atoms with Gasteiger partial charge < -0.3 is 20.7 Å². The fourth-order valence-electron chi connectivity index (χ4n) is 2.98. The number of rotatable bonds is 2. The lowest BCUT2D eigenvalue weighted by atomic mass is 9.92. The zero-order chi connectivity index (χ0) is 14.3. The number of anilines is 1. The molecule has 0 saturated carbocycles. The normalized spacial score (nSPS) is 27.1. The predicted molar refractivity (Wildman–Crippen MR) is 77.4 cm³/mol. The number of hydrogen-bond acceptors (Lipinski definition) is 3. The Labute approximate surface area is 119 Å². The quantitative estimate of drug-likeness (QED) is 0.868. The van der Waals surface area contributed by atoms with Gasteiger partial charge in [0.05, 0.1) is 12.1 Å². The number of carbonyl (C=O) groups is 1. The SMILES string of the molecule is CC1CCOC1C(N)c1ccc2c(c1)CN(C)C(=O)N2. The lowest BCUT2D eigenvalue weighted by Crippen LogP contribution is -2.36. The van der Waals surface area contributed by atoms with Crippen molar-refractivity contribution in [3.63, 3.8) is 0 Å². The van der Waals surface area contributed by atoms with E-state index in [0.717, 1.165) is 29.8 Å². The first-order valence-electron chi connectivity index (χ1n) is 7.08. The van der Waals surface area contributed by atoms with Crippen LogP contribution in [0.4, 0.5) is 10.5 Å². The number of carbonyl (C=O) groups excluding carboxylic acids is 1. The zero-order valence-corrected chi connectivity index (χ0v) is 11.9. The molecule has 5 heteroatoms. The van der Waals surface area contributed by atoms with E-state index in [1.165, 1.54) is 0 Å². The molecule has 3 unspecified atom stereocenters. The molecule has 1 saturated heterocycles. The first-order valence-corrected chi connectivity index (χ1v) is 7.08. The highest BCUT2D eigenvalue weighted by molar-refractivity contribution is 5.92. The number of amides is 2. The van der Waals surface area contributed by atoms with Crippen molar-refractivity contribution >= 4 is 11.7 Å². The van der Waals surface area contributed by atoms with Crippen LogP contribution in [0, 0.1) is 5.92 Å². The molecule has 108 valence electrons. The first kappa shape index (κ1) is 13.4. The van der Waals surface area contributed by atoms with Gasteiger partial charge in [-0.25, -0.2) is 4.79 Å². The van der Waals surface area contributed by atoms with Gasteiger partial charge in [-0.3, -0.25) is 0 Å². The Bertz CT molecular complexity index is 532. The van der Waals surface area contributed by atoms with Crippen LogP contribution in [0.25, 0.3) is 0 Å². The molecule has 2 heterocycles. The summed E-state index contributed by atoms with van der Waals surface area (Å²) < 4.78 is 5.76. The molecule has 20 heavy (non-hydrogen) atoms. The van der Waals surface area contributed by atoms with E-state index >= 15 is 0 Å². The van der Waals surface area contributed by atoms with Crippen molar-refractivity contribution in [3.05, 3.63) is 29.3 Å². The van der Waals surface area contributed by atoms with Crippen LogP contribution in [-0.2, 0) is 11.3 Å². The minimum atomic E-state index is -0.110. The lowest BCUT2D eigenvalue weighted by molar-refractivity contribution is 0.0724. The van der Waals surface area contributed by atoms with Crippen molar-refractivity contribution in [1.29, 1.82) is 0 Å². The highest BCUT2D eigenvalue weighted by Crippen LogP contribution is 2.32. The van der Waals surface area contributed by atoms with E-state index in [1.807, 2.05) is 12.1 Å². The van der Waals surface area contributed by atoms with E-state index in [1.54, 1.807) is 11.9 Å². The molecule has 1 aromatic rings. The van der Waals surface area contributed by atoms with Gasteiger partial charge in [0.15, 0.2) is 0 Å². The molecule has 0 aromatic heterocycles. The van der Waals surface area contributed by atoms with Crippen LogP contribution in [0.3, 0.4) is 0 Å². The minimum Gasteiger partial charge on any atom is -0.376 e. The molecule has 3 rings (SSSR count). The fourth-order valence-corrected chi connectivity index (χ4v) is 2.98. The van der Waals surface area contributed by atoms with Crippen molar-refractivity contribution in [2.45, 2.75) is 32.0 Å². The molecule has 2 aliphatic rings. The molecule has 0 radical (unpaired) electrons. The molecule has 2 aliphatic heterocycles. The highest BCUT2D eigenvalue weighted by atomic mass is 16.5. The van der Waals surface area contributed by atoms with Gasteiger partial charge in [-0.05, 0) is 29.5 Å². The third kappa shape index (κ3) is 2.27. The van der Waals surface area contributed by atoms with Crippen LogP contribution in [0.5, 0.6) is 0 Å². The second-order valence-corrected chi connectivity index (χ2v) is 5.83. The van der Waals surface area contributed by atoms with E-state index in [2.05, 4.69) is 18.3 Å². The molecule has 5 nitrogen and oxygen atoms in total. The van der Waals surface area contributed by atoms with Crippen LogP contribution in [-0.4, -0.2) is 30.7 Å². The summed E-state index contributed by atoms with van der Waals surface area (Å²) in [5, 5.41) is 2.87. The molecule has 3 N–H and O–H groups in total. The van der Waals surface area contributed by atoms with Gasteiger partial charge in [0.1, 0.15) is 0 Å². The molecular formula is C15H21N3O2. The Hall–Kier alpha value is -1.59. The second kappa shape index (κ2) is 5.07. The fraction of sp³-hybridized carbons (Fsp3) is 0.533. The van der Waals surface area contributed by atoms with Crippen LogP contribution >= 0.6 is 0 Å². The minimum absolute atomic E-state index is 0.0673. The summed E-state index contributed by atoms with van der Waals surface area (Å²) in [6.07, 6.45) is 1.16. The third-order valence-electron chi connectivity index (χ3n) is 4.31. The van der Waals surface area contributed by atoms with Gasteiger partial charge in [-0.15, -0.1) is 0 Å². The van der Waals surface area contributed by atoms with E-state index in [9.17, 15) is 4.79 Å². The van der Waals surface area contributed by atoms with Gasteiger partial charge in [0.25, 0.3) is 0 Å². The van der Waals surface area contributed by atoms with Crippen molar-refractivity contribution < 1.29 is 9.53 Å². The van der Waals surface area contributed by atoms with Crippen LogP contribution in [0.2, 0.25) is 0 Å². The molecule has 0 aliphatic carbocycles. The molecule has 2 amide bonds. The van der Waals surface area contributed by atoms with Crippen LogP contribution in [0.1, 0.15) is 30.5 Å². The van der Waals surface area contributed by atoms with Crippen LogP contribution in [0.15, 0.2) is 18.2 Å². The Morgan fingerprint density at radius 1 is 1.50 bits per heavy atom. The van der Waals surface area contributed by atoms with Gasteiger partial charge >= 0.3 is 6.03 Å². The van der Waals surface area contributed by atoms with Crippen molar-refractivity contribution in [2.75, 3.05) is 19.0 Å². The summed E-state index contributed by atoms with van der Waals surface area (Å²) in [6.45, 7) is 3.59. The van der Waals surface area contributed by atoms with Crippen molar-refractivity contribution in [3.8, 4) is 0 Å². The number of nitrogens with one attached hydrogen (secondary N) is 1. The molecule has 1 aromatic carbocycles. The number of nitrogens with two attached hydrogens (primary N) is 1. The van der Waals surface area contributed by atoms with E-state index in [0.29, 0.717) is 12.5 Å². The average molecular weight is 275 g/mol. The summed E-state index contributed by atoms with van der Waals surface area (Å²) in [7, 11) is 1.78. The Balaban J connectivity index is 1.85. The topological polar surface area (TPSA) is 67.6 Å². The maximum absolute atomic E-state index is 11.6. The summed E-state index contributed by atoms with van der Waals surface area (Å²) in [5.41, 5.74) is 9.42. The molecular weight excluding hydrogens is 254 g/mol. The smallest absolute Gasteiger partial charge is 0.321 e. The maximum atomic E-state index is 11.6. The highest BCUT2D eigenvalue weighted by Gasteiger charge is 2.31. The Morgan fingerprint density at radius 2 is 2.30 bits per heavy atom. The number of urea groups is 1. The van der Waals surface area contributed by atoms with E-state index < -0.39 is 0 Å². The maximum Gasteiger partial charge on any atom is 0.321 e. The number of ether oxygens (including phenoxy) is 1. The Morgan fingerprint density at radius 3 is 3.00 bits per heavy atom. The first-order chi connectivity index (χ1) is 9.56. The Kier molecular flexibility index (Phi) is 3.40. The average Bonchev–Trinajstić information content (AvgIpc) is 2.85. The van der Waals surface area contributed by atoms with E-state index in [-0.39, 0.29) is 18.2 Å². The number of benzene rings is 1. The summed E-state index contributed by atoms with van der Waals surface area (Å²) >= 11 is 0. The number of hydrogen-bond donors (Lipinski definition) is 2. The van der Waals surface area contributed by atoms with Gasteiger partial charge in [-0.1, -0.05) is 19.1 Å². The van der Waals surface area contributed by atoms with Crippen LogP contribution < -0.4 is 11.1 Å². The van der Waals surface area contributed by atoms with Crippen molar-refractivity contribution in [1.82, 2.24) is 4.90 Å². The monoisotopic (exact) mass is 275 g/mol. The standard InChI is InChI=1S/C15H21N3O2/c1-9-5-6-20-14(9)13(16)10-3-4-12-11(7-10)8-18(2)15(19)17-12/h3-4,7,9,13-14H,5-6,8,16H2,1-2H3,(H,17,19). The molecule has 1 fully saturated rings. The van der Waals surface area contributed by atoms with Gasteiger partial charge in [-0.2, -0.15) is 0 Å². The van der Waals surface area contributed by atoms with Crippen molar-refractivity contribution in [2.24, 2.45) is 11.7 Å².